The molecule has 0 saturated heterocycles. The Kier molecular flexibility index (Phi) is 6.08. The van der Waals surface area contributed by atoms with Crippen LogP contribution in [0.3, 0.4) is 0 Å². The molecule has 1 N–H and O–H groups in total. The summed E-state index contributed by atoms with van der Waals surface area (Å²) in [5.74, 6) is 0.262. The first-order chi connectivity index (χ1) is 10.5. The molecule has 0 aliphatic rings. The van der Waals surface area contributed by atoms with Gasteiger partial charge in [-0.05, 0) is 24.0 Å². The Labute approximate surface area is 143 Å². The predicted molar refractivity (Wildman–Crippen MR) is 90.8 cm³/mol. The van der Waals surface area contributed by atoms with Crippen LogP contribution in [0.25, 0.3) is 6.08 Å². The van der Waals surface area contributed by atoms with Gasteiger partial charge < -0.3 is 9.84 Å². The maximum atomic E-state index is 10.3. The lowest BCUT2D eigenvalue weighted by Gasteiger charge is -2.13. The topological polar surface area (TPSA) is 55.2 Å². The van der Waals surface area contributed by atoms with Crippen LogP contribution in [0.15, 0.2) is 35.5 Å². The molecule has 2 aromatic rings. The number of hydrogen-bond donors (Lipinski definition) is 1. The highest BCUT2D eigenvalue weighted by molar-refractivity contribution is 7.98. The van der Waals surface area contributed by atoms with Crippen LogP contribution in [0.5, 0.6) is 5.88 Å². The summed E-state index contributed by atoms with van der Waals surface area (Å²) in [6.07, 6.45) is 4.21. The van der Waals surface area contributed by atoms with Crippen LogP contribution in [0.1, 0.15) is 17.2 Å². The number of nitrogens with zero attached hydrogens (tertiary/aromatic N) is 2. The van der Waals surface area contributed by atoms with E-state index >= 15 is 0 Å². The molecule has 1 unspecified atom stereocenters. The molecule has 0 amide bonds. The third-order valence-corrected chi connectivity index (χ3v) is 3.94. The van der Waals surface area contributed by atoms with Crippen molar-refractivity contribution in [1.29, 1.82) is 0 Å². The van der Waals surface area contributed by atoms with Crippen molar-refractivity contribution in [2.75, 3.05) is 13.4 Å². The van der Waals surface area contributed by atoms with E-state index in [1.165, 1.54) is 18.9 Å². The van der Waals surface area contributed by atoms with E-state index in [1.807, 2.05) is 18.4 Å². The summed E-state index contributed by atoms with van der Waals surface area (Å²) in [4.78, 5) is 8.31. The summed E-state index contributed by atoms with van der Waals surface area (Å²) in [6, 6.07) is 7.24. The van der Waals surface area contributed by atoms with Crippen molar-refractivity contribution in [3.63, 3.8) is 0 Å². The van der Waals surface area contributed by atoms with Crippen molar-refractivity contribution in [3.05, 3.63) is 51.6 Å². The zero-order valence-electron chi connectivity index (χ0n) is 12.0. The summed E-state index contributed by atoms with van der Waals surface area (Å²) in [7, 11) is 1.47. The second-order valence-electron chi connectivity index (χ2n) is 4.28. The maximum absolute atomic E-state index is 10.3. The molecule has 116 valence electrons. The summed E-state index contributed by atoms with van der Waals surface area (Å²) in [6.45, 7) is 0. The maximum Gasteiger partial charge on any atom is 0.224 e. The van der Waals surface area contributed by atoms with Crippen LogP contribution < -0.4 is 4.74 Å². The third kappa shape index (κ3) is 4.14. The Hall–Kier alpha value is -1.27. The van der Waals surface area contributed by atoms with Crippen molar-refractivity contribution in [2.24, 2.45) is 0 Å². The fourth-order valence-corrected chi connectivity index (χ4v) is 2.58. The minimum atomic E-state index is -0.978. The molecule has 0 fully saturated rings. The number of aromatic nitrogens is 2. The number of thioether (sulfide) groups is 1. The molecule has 0 spiro atoms. The Morgan fingerprint density at radius 2 is 1.91 bits per heavy atom. The number of rotatable bonds is 5. The van der Waals surface area contributed by atoms with Crippen molar-refractivity contribution in [3.8, 4) is 5.88 Å². The summed E-state index contributed by atoms with van der Waals surface area (Å²) < 4.78 is 5.20. The second kappa shape index (κ2) is 7.83. The van der Waals surface area contributed by atoms with Crippen LogP contribution in [0.4, 0.5) is 0 Å². The van der Waals surface area contributed by atoms with Gasteiger partial charge in [0.25, 0.3) is 0 Å². The van der Waals surface area contributed by atoms with Crippen molar-refractivity contribution < 1.29 is 9.84 Å². The van der Waals surface area contributed by atoms with Gasteiger partial charge in [0.1, 0.15) is 11.3 Å². The Bertz CT molecular complexity index is 678. The van der Waals surface area contributed by atoms with Gasteiger partial charge in [-0.1, -0.05) is 59.2 Å². The molecule has 0 radical (unpaired) electrons. The summed E-state index contributed by atoms with van der Waals surface area (Å²) in [5.41, 5.74) is 1.24. The van der Waals surface area contributed by atoms with Gasteiger partial charge in [0.15, 0.2) is 5.16 Å². The molecule has 1 atom stereocenters. The average Bonchev–Trinajstić information content (AvgIpc) is 2.53. The van der Waals surface area contributed by atoms with Crippen LogP contribution in [-0.4, -0.2) is 28.4 Å². The second-order valence-corrected chi connectivity index (χ2v) is 5.85. The highest BCUT2D eigenvalue weighted by Gasteiger charge is 2.19. The van der Waals surface area contributed by atoms with E-state index in [4.69, 9.17) is 27.9 Å². The largest absolute Gasteiger partial charge is 0.481 e. The third-order valence-electron chi connectivity index (χ3n) is 2.86. The molecule has 0 saturated carbocycles. The predicted octanol–water partition coefficient (Wildman–Crippen LogP) is 4.26. The molecule has 0 aliphatic carbocycles. The number of hydrogen-bond acceptors (Lipinski definition) is 5. The first kappa shape index (κ1) is 17.1. The highest BCUT2D eigenvalue weighted by atomic mass is 35.5. The van der Waals surface area contributed by atoms with E-state index in [2.05, 4.69) is 9.97 Å². The monoisotopic (exact) mass is 356 g/mol. The molecule has 2 rings (SSSR count). The van der Waals surface area contributed by atoms with Gasteiger partial charge in [0.05, 0.1) is 12.7 Å². The van der Waals surface area contributed by atoms with Crippen LogP contribution in [0.2, 0.25) is 10.2 Å². The molecule has 22 heavy (non-hydrogen) atoms. The normalized spacial score (nSPS) is 12.6. The molecule has 7 heteroatoms. The van der Waals surface area contributed by atoms with Gasteiger partial charge in [0, 0.05) is 5.02 Å². The molecule has 1 aromatic carbocycles. The summed E-state index contributed by atoms with van der Waals surface area (Å²) in [5, 5.41) is 11.6. The molecular weight excluding hydrogens is 343 g/mol. The van der Waals surface area contributed by atoms with E-state index in [9.17, 15) is 5.11 Å². The zero-order valence-corrected chi connectivity index (χ0v) is 14.3. The smallest absolute Gasteiger partial charge is 0.224 e. The van der Waals surface area contributed by atoms with Gasteiger partial charge in [-0.3, -0.25) is 0 Å². The number of aliphatic hydroxyl groups is 1. The SMILES string of the molecule is COc1nc(SC)nc(Cl)c1C(O)/C=C/c1ccc(Cl)cc1. The lowest BCUT2D eigenvalue weighted by Crippen LogP contribution is -2.04. The molecule has 1 aromatic heterocycles. The first-order valence-corrected chi connectivity index (χ1v) is 8.30. The lowest BCUT2D eigenvalue weighted by molar-refractivity contribution is 0.221. The van der Waals surface area contributed by atoms with Crippen LogP contribution in [-0.2, 0) is 0 Å². The number of methoxy groups -OCH3 is 1. The number of halogens is 2. The quantitative estimate of drug-likeness (QED) is 0.492. The van der Waals surface area contributed by atoms with Gasteiger partial charge in [0.2, 0.25) is 5.88 Å². The Morgan fingerprint density at radius 1 is 1.23 bits per heavy atom. The number of benzene rings is 1. The van der Waals surface area contributed by atoms with Crippen LogP contribution in [0, 0.1) is 0 Å². The minimum Gasteiger partial charge on any atom is -0.481 e. The van der Waals surface area contributed by atoms with Gasteiger partial charge in [-0.25, -0.2) is 4.98 Å². The lowest BCUT2D eigenvalue weighted by atomic mass is 10.1. The van der Waals surface area contributed by atoms with Crippen molar-refractivity contribution in [2.45, 2.75) is 11.3 Å². The molecule has 0 aliphatic heterocycles. The summed E-state index contributed by atoms with van der Waals surface area (Å²) >= 11 is 13.3. The zero-order chi connectivity index (χ0) is 16.1. The first-order valence-electron chi connectivity index (χ1n) is 6.32. The molecule has 0 bridgehead atoms. The number of aliphatic hydroxyl groups excluding tert-OH is 1. The fraction of sp³-hybridized carbons (Fsp3) is 0.200. The standard InChI is InChI=1S/C15H14Cl2N2O2S/c1-21-14-12(13(17)18-15(19-14)22-2)11(20)8-5-9-3-6-10(16)7-4-9/h3-8,11,20H,1-2H3/b8-5+. The van der Waals surface area contributed by atoms with Crippen LogP contribution >= 0.6 is 35.0 Å². The van der Waals surface area contributed by atoms with Gasteiger partial charge >= 0.3 is 0 Å². The fourth-order valence-electron chi connectivity index (χ4n) is 1.77. The average molecular weight is 357 g/mol. The number of ether oxygens (including phenoxy) is 1. The van der Waals surface area contributed by atoms with E-state index < -0.39 is 6.10 Å². The van der Waals surface area contributed by atoms with Gasteiger partial charge in [-0.2, -0.15) is 4.98 Å². The van der Waals surface area contributed by atoms with E-state index in [-0.39, 0.29) is 11.0 Å². The van der Waals surface area contributed by atoms with Crippen molar-refractivity contribution >= 4 is 41.0 Å². The van der Waals surface area contributed by atoms with E-state index in [1.54, 1.807) is 24.3 Å². The highest BCUT2D eigenvalue weighted by Crippen LogP contribution is 2.32. The Balaban J connectivity index is 2.28. The molecule has 4 nitrogen and oxygen atoms in total. The van der Waals surface area contributed by atoms with Gasteiger partial charge in [-0.15, -0.1) is 0 Å². The minimum absolute atomic E-state index is 0.171. The molecular formula is C15H14Cl2N2O2S. The van der Waals surface area contributed by atoms with E-state index in [0.717, 1.165) is 5.56 Å². The van der Waals surface area contributed by atoms with E-state index in [0.29, 0.717) is 15.7 Å². The Morgan fingerprint density at radius 3 is 2.50 bits per heavy atom. The molecule has 1 heterocycles. The van der Waals surface area contributed by atoms with Crippen molar-refractivity contribution in [1.82, 2.24) is 9.97 Å².